The van der Waals surface area contributed by atoms with Crippen LogP contribution < -0.4 is 5.32 Å². The van der Waals surface area contributed by atoms with Gasteiger partial charge in [-0.15, -0.1) is 0 Å². The molecule has 1 aliphatic heterocycles. The van der Waals surface area contributed by atoms with Crippen molar-refractivity contribution in [2.75, 3.05) is 19.5 Å². The molecule has 0 bridgehead atoms. The first-order valence-electron chi connectivity index (χ1n) is 5.31. The molecule has 1 heterocycles. The first-order chi connectivity index (χ1) is 8.22. The van der Waals surface area contributed by atoms with E-state index in [2.05, 4.69) is 14.5 Å². The van der Waals surface area contributed by atoms with Crippen molar-refractivity contribution in [3.05, 3.63) is 11.9 Å². The topological polar surface area (TPSA) is 59.9 Å². The van der Waals surface area contributed by atoms with Crippen LogP contribution in [0.15, 0.2) is 16.9 Å². The molecule has 0 aromatic carbocycles. The summed E-state index contributed by atoms with van der Waals surface area (Å²) in [5, 5.41) is 3.18. The van der Waals surface area contributed by atoms with E-state index in [0.717, 1.165) is 18.7 Å². The molecule has 5 nitrogen and oxygen atoms in total. The van der Waals surface area contributed by atoms with Crippen LogP contribution in [0.1, 0.15) is 26.7 Å². The fraction of sp³-hybridized carbons (Fsp3) is 0.636. The highest BCUT2D eigenvalue weighted by molar-refractivity contribution is 7.80. The third kappa shape index (κ3) is 7.52. The van der Waals surface area contributed by atoms with Crippen molar-refractivity contribution < 1.29 is 13.1 Å². The highest BCUT2D eigenvalue weighted by Gasteiger charge is 2.03. The zero-order chi connectivity index (χ0) is 12.5. The van der Waals surface area contributed by atoms with Crippen LogP contribution in [-0.4, -0.2) is 35.1 Å². The molecule has 0 aromatic heterocycles. The number of allylic oxidation sites excluding steroid dienone is 1. The Balaban J connectivity index is 0.00000289. The molecule has 7 heteroatoms. The molecule has 1 unspecified atom stereocenters. The lowest BCUT2D eigenvalue weighted by molar-refractivity contribution is 0.301. The molecule has 18 heavy (non-hydrogen) atoms. The Morgan fingerprint density at radius 1 is 1.61 bits per heavy atom. The molecule has 1 aliphatic rings. The number of ether oxygens (including phenoxy) is 1. The van der Waals surface area contributed by atoms with Gasteiger partial charge < -0.3 is 10.1 Å². The van der Waals surface area contributed by atoms with Crippen molar-refractivity contribution in [3.63, 3.8) is 0 Å². The second-order valence-electron chi connectivity index (χ2n) is 3.27. The second kappa shape index (κ2) is 10.2. The quantitative estimate of drug-likeness (QED) is 0.598. The van der Waals surface area contributed by atoms with Crippen molar-refractivity contribution >= 4 is 34.7 Å². The van der Waals surface area contributed by atoms with Crippen LogP contribution in [0.3, 0.4) is 0 Å². The van der Waals surface area contributed by atoms with Gasteiger partial charge in [0, 0.05) is 6.21 Å². The monoisotopic (exact) mass is 292 g/mol. The Labute approximate surface area is 116 Å². The molecule has 1 rings (SSSR count). The van der Waals surface area contributed by atoms with Crippen molar-refractivity contribution in [1.82, 2.24) is 5.32 Å². The molecule has 0 saturated heterocycles. The number of thiocarbonyl (C=S) groups is 1. The van der Waals surface area contributed by atoms with E-state index in [1.165, 1.54) is 7.11 Å². The van der Waals surface area contributed by atoms with Crippen LogP contribution in [0.5, 0.6) is 0 Å². The summed E-state index contributed by atoms with van der Waals surface area (Å²) in [6.07, 6.45) is 6.36. The zero-order valence-electron chi connectivity index (χ0n) is 9.68. The number of aliphatic imine (C=N–C) groups is 1. The van der Waals surface area contributed by atoms with Gasteiger partial charge in [0.15, 0.2) is 11.1 Å². The Kier molecular flexibility index (Phi) is 9.72. The SMILES string of the molecule is C.COS(=O)CCCOC(=S)NC1=CCCC=N1. The first-order valence-corrected chi connectivity index (χ1v) is 6.97. The third-order valence-corrected chi connectivity index (χ3v) is 3.18. The molecule has 0 spiro atoms. The Morgan fingerprint density at radius 2 is 2.39 bits per heavy atom. The predicted octanol–water partition coefficient (Wildman–Crippen LogP) is 1.92. The molecule has 0 radical (unpaired) electrons. The van der Waals surface area contributed by atoms with Crippen LogP contribution in [0, 0.1) is 0 Å². The summed E-state index contributed by atoms with van der Waals surface area (Å²) in [4.78, 5) is 4.13. The Bertz CT molecular complexity index is 343. The Hall–Kier alpha value is -0.790. The van der Waals surface area contributed by atoms with Crippen molar-refractivity contribution in [2.45, 2.75) is 26.7 Å². The van der Waals surface area contributed by atoms with Gasteiger partial charge in [0.1, 0.15) is 5.82 Å². The minimum absolute atomic E-state index is 0. The molecule has 1 N–H and O–H groups in total. The zero-order valence-corrected chi connectivity index (χ0v) is 11.3. The minimum atomic E-state index is -1.23. The van der Waals surface area contributed by atoms with Crippen molar-refractivity contribution in [3.8, 4) is 0 Å². The van der Waals surface area contributed by atoms with E-state index in [4.69, 9.17) is 17.0 Å². The van der Waals surface area contributed by atoms with E-state index < -0.39 is 11.1 Å². The largest absolute Gasteiger partial charge is 0.471 e. The summed E-state index contributed by atoms with van der Waals surface area (Å²) < 4.78 is 20.8. The van der Waals surface area contributed by atoms with Gasteiger partial charge >= 0.3 is 0 Å². The number of hydrogen-bond acceptors (Lipinski definition) is 5. The number of rotatable bonds is 6. The molecule has 0 aromatic rings. The summed E-state index contributed by atoms with van der Waals surface area (Å²) in [5.74, 6) is 1.17. The molecule has 104 valence electrons. The number of nitrogens with one attached hydrogen (secondary N) is 1. The Morgan fingerprint density at radius 3 is 3.00 bits per heavy atom. The number of nitrogens with zero attached hydrogens (tertiary/aromatic N) is 1. The van der Waals surface area contributed by atoms with Gasteiger partial charge in [0.05, 0.1) is 19.5 Å². The summed E-state index contributed by atoms with van der Waals surface area (Å²) in [5.41, 5.74) is 0. The fourth-order valence-electron chi connectivity index (χ4n) is 1.16. The normalized spacial score (nSPS) is 15.3. The molecule has 1 atom stereocenters. The highest BCUT2D eigenvalue weighted by Crippen LogP contribution is 2.03. The molecule has 0 fully saturated rings. The van der Waals surface area contributed by atoms with Crippen LogP contribution in [0.2, 0.25) is 0 Å². The van der Waals surface area contributed by atoms with Crippen LogP contribution in [-0.2, 0) is 20.0 Å². The molecule has 0 amide bonds. The lowest BCUT2D eigenvalue weighted by Gasteiger charge is -2.11. The molecular weight excluding hydrogens is 272 g/mol. The van der Waals surface area contributed by atoms with Crippen molar-refractivity contribution in [2.24, 2.45) is 4.99 Å². The summed E-state index contributed by atoms with van der Waals surface area (Å²) >= 11 is 3.76. The summed E-state index contributed by atoms with van der Waals surface area (Å²) in [6, 6.07) is 0. The van der Waals surface area contributed by atoms with E-state index >= 15 is 0 Å². The van der Waals surface area contributed by atoms with Crippen molar-refractivity contribution in [1.29, 1.82) is 0 Å². The fourth-order valence-corrected chi connectivity index (χ4v) is 1.87. The van der Waals surface area contributed by atoms with Crippen LogP contribution in [0.4, 0.5) is 0 Å². The van der Waals surface area contributed by atoms with E-state index in [9.17, 15) is 4.21 Å². The number of hydrogen-bond donors (Lipinski definition) is 1. The van der Waals surface area contributed by atoms with Gasteiger partial charge in [0.25, 0.3) is 5.17 Å². The third-order valence-electron chi connectivity index (χ3n) is 1.97. The highest BCUT2D eigenvalue weighted by atomic mass is 32.2. The molecule has 0 saturated carbocycles. The smallest absolute Gasteiger partial charge is 0.262 e. The summed E-state index contributed by atoms with van der Waals surface area (Å²) in [7, 11) is 1.41. The van der Waals surface area contributed by atoms with Crippen LogP contribution >= 0.6 is 12.2 Å². The van der Waals surface area contributed by atoms with Gasteiger partial charge in [-0.2, -0.15) is 0 Å². The maximum Gasteiger partial charge on any atom is 0.262 e. The lowest BCUT2D eigenvalue weighted by Crippen LogP contribution is -2.24. The van der Waals surface area contributed by atoms with Gasteiger partial charge in [-0.3, -0.25) is 4.18 Å². The van der Waals surface area contributed by atoms with Gasteiger partial charge in [0.2, 0.25) is 0 Å². The van der Waals surface area contributed by atoms with E-state index in [1.54, 1.807) is 0 Å². The standard InChI is InChI=1S/C10H16N2O3S2.CH4/c1-14-17(13)8-4-7-15-10(16)12-9-5-2-3-6-11-9;/h5-6H,2-4,7-8H2,1H3,(H,12,16);1H4. The molecule has 0 aliphatic carbocycles. The average molecular weight is 292 g/mol. The predicted molar refractivity (Wildman–Crippen MR) is 78.9 cm³/mol. The minimum Gasteiger partial charge on any atom is -0.471 e. The van der Waals surface area contributed by atoms with Crippen LogP contribution in [0.25, 0.3) is 0 Å². The van der Waals surface area contributed by atoms with Gasteiger partial charge in [-0.25, -0.2) is 9.20 Å². The van der Waals surface area contributed by atoms with E-state index in [-0.39, 0.29) is 7.43 Å². The maximum atomic E-state index is 10.9. The first kappa shape index (κ1) is 17.2. The average Bonchev–Trinajstić information content (AvgIpc) is 2.35. The maximum absolute atomic E-state index is 10.9. The van der Waals surface area contributed by atoms with Gasteiger partial charge in [-0.1, -0.05) is 7.43 Å². The van der Waals surface area contributed by atoms with E-state index in [0.29, 0.717) is 24.0 Å². The lowest BCUT2D eigenvalue weighted by atomic mass is 10.3. The summed E-state index contributed by atoms with van der Waals surface area (Å²) in [6.45, 7) is 0.415. The second-order valence-corrected chi connectivity index (χ2v) is 4.99. The molecular formula is C11H20N2O3S2. The van der Waals surface area contributed by atoms with Gasteiger partial charge in [-0.05, 0) is 37.6 Å². The van der Waals surface area contributed by atoms with E-state index in [1.807, 2.05) is 12.3 Å².